The summed E-state index contributed by atoms with van der Waals surface area (Å²) in [5, 5.41) is 14.5. The third-order valence-electron chi connectivity index (χ3n) is 4.05. The number of rotatable bonds is 2. The van der Waals surface area contributed by atoms with Gasteiger partial charge in [0.25, 0.3) is 0 Å². The predicted octanol–water partition coefficient (Wildman–Crippen LogP) is 2.56. The van der Waals surface area contributed by atoms with Gasteiger partial charge in [0.1, 0.15) is 5.82 Å². The summed E-state index contributed by atoms with van der Waals surface area (Å²) < 4.78 is 0. The van der Waals surface area contributed by atoms with E-state index in [2.05, 4.69) is 5.32 Å². The van der Waals surface area contributed by atoms with Crippen LogP contribution in [0, 0.1) is 0 Å². The standard InChI is InChI=1S/C15H20N2O2/c1-14(2)15(3,4)17(19)13(16-14)10-12(18)11-8-6-5-7-9-11/h5-10,16,19H,1-4H3. The monoisotopic (exact) mass is 260 g/mol. The maximum atomic E-state index is 12.1. The molecule has 1 fully saturated rings. The average Bonchev–Trinajstić information content (AvgIpc) is 2.51. The van der Waals surface area contributed by atoms with Gasteiger partial charge in [0, 0.05) is 11.6 Å². The molecule has 0 aromatic heterocycles. The molecule has 19 heavy (non-hydrogen) atoms. The Labute approximate surface area is 113 Å². The van der Waals surface area contributed by atoms with Crippen molar-refractivity contribution in [2.24, 2.45) is 0 Å². The summed E-state index contributed by atoms with van der Waals surface area (Å²) in [7, 11) is 0. The van der Waals surface area contributed by atoms with Crippen LogP contribution in [0.2, 0.25) is 0 Å². The number of carbonyl (C=O) groups excluding carboxylic acids is 1. The molecule has 1 heterocycles. The number of carbonyl (C=O) groups is 1. The first kappa shape index (κ1) is 13.6. The third kappa shape index (κ3) is 2.24. The van der Waals surface area contributed by atoms with Gasteiger partial charge in [-0.25, -0.2) is 5.06 Å². The summed E-state index contributed by atoms with van der Waals surface area (Å²) in [6.07, 6.45) is 1.44. The normalized spacial score (nSPS) is 22.4. The van der Waals surface area contributed by atoms with Gasteiger partial charge in [0.05, 0.1) is 11.1 Å². The number of allylic oxidation sites excluding steroid dienone is 1. The molecule has 0 amide bonds. The Balaban J connectivity index is 2.29. The molecule has 2 rings (SSSR count). The van der Waals surface area contributed by atoms with E-state index in [1.54, 1.807) is 12.1 Å². The van der Waals surface area contributed by atoms with E-state index in [0.717, 1.165) is 5.06 Å². The number of nitrogens with one attached hydrogen (secondary N) is 1. The summed E-state index contributed by atoms with van der Waals surface area (Å²) >= 11 is 0. The molecule has 0 aliphatic carbocycles. The highest BCUT2D eigenvalue weighted by Crippen LogP contribution is 2.36. The first-order valence-electron chi connectivity index (χ1n) is 6.34. The Kier molecular flexibility index (Phi) is 3.14. The molecule has 0 bridgehead atoms. The number of benzene rings is 1. The third-order valence-corrected chi connectivity index (χ3v) is 4.05. The van der Waals surface area contributed by atoms with Crippen LogP contribution in [-0.4, -0.2) is 27.1 Å². The van der Waals surface area contributed by atoms with Gasteiger partial charge >= 0.3 is 0 Å². The van der Waals surface area contributed by atoms with Crippen LogP contribution in [0.5, 0.6) is 0 Å². The van der Waals surface area contributed by atoms with Crippen LogP contribution in [0.4, 0.5) is 0 Å². The largest absolute Gasteiger partial charge is 0.363 e. The zero-order valence-electron chi connectivity index (χ0n) is 11.8. The highest BCUT2D eigenvalue weighted by molar-refractivity contribution is 6.04. The predicted molar refractivity (Wildman–Crippen MR) is 73.8 cm³/mol. The van der Waals surface area contributed by atoms with Crippen molar-refractivity contribution in [1.82, 2.24) is 10.4 Å². The second-order valence-electron chi connectivity index (χ2n) is 5.88. The van der Waals surface area contributed by atoms with Gasteiger partial charge in [-0.3, -0.25) is 10.0 Å². The van der Waals surface area contributed by atoms with E-state index >= 15 is 0 Å². The molecular weight excluding hydrogens is 240 g/mol. The second-order valence-corrected chi connectivity index (χ2v) is 5.88. The molecule has 4 heteroatoms. The Bertz CT molecular complexity index is 518. The maximum Gasteiger partial charge on any atom is 0.189 e. The molecule has 0 spiro atoms. The fourth-order valence-electron chi connectivity index (χ4n) is 2.00. The molecule has 0 radical (unpaired) electrons. The molecule has 1 aromatic carbocycles. The molecule has 2 N–H and O–H groups in total. The minimum Gasteiger partial charge on any atom is -0.363 e. The minimum atomic E-state index is -0.490. The van der Waals surface area contributed by atoms with Crippen molar-refractivity contribution in [1.29, 1.82) is 0 Å². The molecule has 1 aromatic rings. The van der Waals surface area contributed by atoms with Gasteiger partial charge in [-0.2, -0.15) is 0 Å². The fraction of sp³-hybridized carbons (Fsp3) is 0.400. The van der Waals surface area contributed by atoms with Crippen molar-refractivity contribution in [2.75, 3.05) is 0 Å². The Morgan fingerprint density at radius 1 is 1.21 bits per heavy atom. The van der Waals surface area contributed by atoms with Gasteiger partial charge in [-0.1, -0.05) is 30.3 Å². The number of hydrogen-bond acceptors (Lipinski definition) is 4. The minimum absolute atomic E-state index is 0.129. The van der Waals surface area contributed by atoms with E-state index < -0.39 is 5.54 Å². The van der Waals surface area contributed by atoms with Crippen molar-refractivity contribution in [2.45, 2.75) is 38.8 Å². The van der Waals surface area contributed by atoms with Crippen LogP contribution in [0.15, 0.2) is 42.2 Å². The second kappa shape index (κ2) is 4.38. The number of hydrogen-bond donors (Lipinski definition) is 2. The van der Waals surface area contributed by atoms with Crippen molar-refractivity contribution >= 4 is 5.78 Å². The molecule has 102 valence electrons. The van der Waals surface area contributed by atoms with Crippen molar-refractivity contribution in [3.63, 3.8) is 0 Å². The first-order chi connectivity index (χ1) is 8.75. The molecule has 0 atom stereocenters. The van der Waals surface area contributed by atoms with E-state index in [1.165, 1.54) is 6.08 Å². The Morgan fingerprint density at radius 3 is 2.26 bits per heavy atom. The van der Waals surface area contributed by atoms with Gasteiger partial charge < -0.3 is 5.32 Å². The lowest BCUT2D eigenvalue weighted by Crippen LogP contribution is -2.52. The van der Waals surface area contributed by atoms with Crippen LogP contribution in [0.25, 0.3) is 0 Å². The zero-order valence-corrected chi connectivity index (χ0v) is 11.8. The molecular formula is C15H20N2O2. The smallest absolute Gasteiger partial charge is 0.189 e. The van der Waals surface area contributed by atoms with E-state index in [-0.39, 0.29) is 11.3 Å². The highest BCUT2D eigenvalue weighted by atomic mass is 16.5. The lowest BCUT2D eigenvalue weighted by atomic mass is 9.84. The summed E-state index contributed by atoms with van der Waals surface area (Å²) in [5.41, 5.74) is -0.215. The molecule has 1 aliphatic heterocycles. The van der Waals surface area contributed by atoms with E-state index in [1.807, 2.05) is 45.9 Å². The molecule has 0 unspecified atom stereocenters. The Morgan fingerprint density at radius 2 is 1.79 bits per heavy atom. The van der Waals surface area contributed by atoms with E-state index in [9.17, 15) is 10.0 Å². The SMILES string of the molecule is CC1(C)NC(=CC(=O)c2ccccc2)N(O)C1(C)C. The summed E-state index contributed by atoms with van der Waals surface area (Å²) in [6.45, 7) is 7.83. The Hall–Kier alpha value is -1.81. The zero-order chi connectivity index (χ0) is 14.3. The highest BCUT2D eigenvalue weighted by Gasteiger charge is 2.49. The average molecular weight is 260 g/mol. The summed E-state index contributed by atoms with van der Waals surface area (Å²) in [4.78, 5) is 12.1. The topological polar surface area (TPSA) is 52.6 Å². The molecule has 1 aliphatic rings. The van der Waals surface area contributed by atoms with Crippen LogP contribution in [-0.2, 0) is 0 Å². The van der Waals surface area contributed by atoms with Gasteiger partial charge in [0.15, 0.2) is 5.78 Å². The van der Waals surface area contributed by atoms with Crippen molar-refractivity contribution < 1.29 is 10.0 Å². The molecule has 4 nitrogen and oxygen atoms in total. The summed E-state index contributed by atoms with van der Waals surface area (Å²) in [6, 6.07) is 9.01. The number of ketones is 1. The van der Waals surface area contributed by atoms with E-state index in [0.29, 0.717) is 11.4 Å². The van der Waals surface area contributed by atoms with Crippen molar-refractivity contribution in [3.8, 4) is 0 Å². The van der Waals surface area contributed by atoms with Crippen LogP contribution < -0.4 is 5.32 Å². The molecule has 0 saturated carbocycles. The molecule has 1 saturated heterocycles. The first-order valence-corrected chi connectivity index (χ1v) is 6.34. The quantitative estimate of drug-likeness (QED) is 0.634. The van der Waals surface area contributed by atoms with Crippen molar-refractivity contribution in [3.05, 3.63) is 47.8 Å². The van der Waals surface area contributed by atoms with Crippen LogP contribution in [0.1, 0.15) is 38.1 Å². The maximum absolute atomic E-state index is 12.1. The summed E-state index contributed by atoms with van der Waals surface area (Å²) in [5.74, 6) is 0.305. The van der Waals surface area contributed by atoms with Gasteiger partial charge in [0.2, 0.25) is 0 Å². The fourth-order valence-corrected chi connectivity index (χ4v) is 2.00. The van der Waals surface area contributed by atoms with Gasteiger partial charge in [-0.05, 0) is 27.7 Å². The van der Waals surface area contributed by atoms with E-state index in [4.69, 9.17) is 0 Å². The van der Waals surface area contributed by atoms with Crippen LogP contribution in [0.3, 0.4) is 0 Å². The number of hydroxylamine groups is 2. The van der Waals surface area contributed by atoms with Gasteiger partial charge in [-0.15, -0.1) is 0 Å². The lowest BCUT2D eigenvalue weighted by Gasteiger charge is -2.36. The lowest BCUT2D eigenvalue weighted by molar-refractivity contribution is -0.122. The number of nitrogens with zero attached hydrogens (tertiary/aromatic N) is 1. The van der Waals surface area contributed by atoms with Crippen LogP contribution >= 0.6 is 0 Å².